The van der Waals surface area contributed by atoms with E-state index >= 15 is 0 Å². The second kappa shape index (κ2) is 8.46. The third-order valence-corrected chi connectivity index (χ3v) is 9.71. The first kappa shape index (κ1) is 18.3. The molecule has 0 amide bonds. The maximum absolute atomic E-state index is 4.60. The molecule has 0 aromatic carbocycles. The summed E-state index contributed by atoms with van der Waals surface area (Å²) in [6.45, 7) is 4.53. The van der Waals surface area contributed by atoms with Crippen molar-refractivity contribution < 1.29 is 21.3 Å². The molecule has 0 nitrogen and oxygen atoms in total. The molecule has 0 heterocycles. The van der Waals surface area contributed by atoms with Crippen molar-refractivity contribution in [2.75, 3.05) is 0 Å². The summed E-state index contributed by atoms with van der Waals surface area (Å²) in [5, 5.41) is 0. The fourth-order valence-electron chi connectivity index (χ4n) is 2.58. The van der Waals surface area contributed by atoms with Crippen LogP contribution in [0, 0.1) is 0 Å². The molecule has 18 heavy (non-hydrogen) atoms. The van der Waals surface area contributed by atoms with E-state index < -0.39 is 21.3 Å². The van der Waals surface area contributed by atoms with Crippen LogP contribution in [0.1, 0.15) is 39.5 Å². The number of hydrogen-bond acceptors (Lipinski definition) is 0. The van der Waals surface area contributed by atoms with Crippen LogP contribution in [0.2, 0.25) is 0 Å². The molecule has 100 valence electrons. The molecular formula is C15H22Cl2Zr. The van der Waals surface area contributed by atoms with Crippen LogP contribution in [0.25, 0.3) is 0 Å². The van der Waals surface area contributed by atoms with Crippen molar-refractivity contribution in [3.05, 3.63) is 42.0 Å². The zero-order valence-corrected chi connectivity index (χ0v) is 15.3. The van der Waals surface area contributed by atoms with Crippen LogP contribution in [0.4, 0.5) is 0 Å². The van der Waals surface area contributed by atoms with Crippen molar-refractivity contribution in [1.82, 2.24) is 0 Å². The van der Waals surface area contributed by atoms with E-state index in [1.165, 1.54) is 25.7 Å². The molecule has 0 aromatic rings. The van der Waals surface area contributed by atoms with E-state index in [-0.39, 0.29) is 24.8 Å². The number of allylic oxidation sites excluding steroid dienone is 8. The van der Waals surface area contributed by atoms with E-state index in [0.717, 1.165) is 0 Å². The van der Waals surface area contributed by atoms with Gasteiger partial charge in [0, 0.05) is 0 Å². The molecular weight excluding hydrogens is 342 g/mol. The fraction of sp³-hybridized carbons (Fsp3) is 0.400. The Morgan fingerprint density at radius 3 is 1.67 bits per heavy atom. The van der Waals surface area contributed by atoms with Crippen LogP contribution in [-0.4, -0.2) is 4.21 Å². The van der Waals surface area contributed by atoms with Crippen molar-refractivity contribution in [2.24, 2.45) is 0 Å². The molecule has 2 aliphatic rings. The molecule has 0 unspecified atom stereocenters. The molecule has 0 bridgehead atoms. The third-order valence-electron chi connectivity index (χ3n) is 3.55. The normalized spacial score (nSPS) is 17.0. The first-order chi connectivity index (χ1) is 7.77. The van der Waals surface area contributed by atoms with Gasteiger partial charge in [-0.25, -0.2) is 0 Å². The van der Waals surface area contributed by atoms with Gasteiger partial charge in [0.1, 0.15) is 0 Å². The van der Waals surface area contributed by atoms with Gasteiger partial charge in [0.25, 0.3) is 0 Å². The van der Waals surface area contributed by atoms with E-state index in [1.807, 2.05) is 0 Å². The van der Waals surface area contributed by atoms with Crippen LogP contribution >= 0.6 is 24.8 Å². The molecule has 2 rings (SSSR count). The average molecular weight is 364 g/mol. The second-order valence-corrected chi connectivity index (χ2v) is 9.73. The summed E-state index contributed by atoms with van der Waals surface area (Å²) in [7, 11) is 0. The maximum atomic E-state index is 4.60. The van der Waals surface area contributed by atoms with Crippen molar-refractivity contribution in [3.8, 4) is 0 Å². The predicted octanol–water partition coefficient (Wildman–Crippen LogP) is 5.13. The van der Waals surface area contributed by atoms with Crippen molar-refractivity contribution in [2.45, 2.75) is 39.5 Å². The van der Waals surface area contributed by atoms with E-state index in [0.29, 0.717) is 0 Å². The molecule has 0 fully saturated rings. The summed E-state index contributed by atoms with van der Waals surface area (Å²) in [4.78, 5) is 0. The van der Waals surface area contributed by atoms with E-state index in [9.17, 15) is 0 Å². The molecule has 0 aromatic heterocycles. The van der Waals surface area contributed by atoms with Gasteiger partial charge in [0.15, 0.2) is 0 Å². The third kappa shape index (κ3) is 3.65. The SMILES string of the molecule is Cl.Cl.[CH2]=[Zr]([C]1=C(CC)C=CC1)[C]1=C(CC)C=CC1. The van der Waals surface area contributed by atoms with Gasteiger partial charge < -0.3 is 0 Å². The molecule has 3 heteroatoms. The van der Waals surface area contributed by atoms with Gasteiger partial charge in [-0.05, 0) is 0 Å². The van der Waals surface area contributed by atoms with E-state index in [2.05, 4.69) is 42.4 Å². The Labute approximate surface area is 131 Å². The summed E-state index contributed by atoms with van der Waals surface area (Å²) in [5.41, 5.74) is 3.19. The molecule has 0 spiro atoms. The van der Waals surface area contributed by atoms with E-state index in [4.69, 9.17) is 0 Å². The van der Waals surface area contributed by atoms with Gasteiger partial charge in [-0.2, -0.15) is 0 Å². The number of rotatable bonds is 4. The van der Waals surface area contributed by atoms with Crippen LogP contribution in [0.3, 0.4) is 0 Å². The van der Waals surface area contributed by atoms with Gasteiger partial charge in [0.05, 0.1) is 0 Å². The molecule has 0 saturated heterocycles. The summed E-state index contributed by atoms with van der Waals surface area (Å²) < 4.78 is 8.09. The molecule has 2 aliphatic carbocycles. The van der Waals surface area contributed by atoms with Gasteiger partial charge in [-0.1, -0.05) is 0 Å². The van der Waals surface area contributed by atoms with E-state index in [1.54, 1.807) is 17.7 Å². The first-order valence-electron chi connectivity index (χ1n) is 6.24. The fourth-order valence-corrected chi connectivity index (χ4v) is 8.45. The molecule has 0 atom stereocenters. The van der Waals surface area contributed by atoms with Crippen molar-refractivity contribution in [1.29, 1.82) is 0 Å². The summed E-state index contributed by atoms with van der Waals surface area (Å²) in [6, 6.07) is 0. The van der Waals surface area contributed by atoms with Crippen LogP contribution in [0.5, 0.6) is 0 Å². The Bertz CT molecular complexity index is 399. The first-order valence-corrected chi connectivity index (χ1v) is 10.4. The van der Waals surface area contributed by atoms with Crippen LogP contribution < -0.4 is 0 Å². The molecule has 0 aliphatic heterocycles. The topological polar surface area (TPSA) is 0 Å². The minimum absolute atomic E-state index is 0. The predicted molar refractivity (Wildman–Crippen MR) is 83.8 cm³/mol. The number of hydrogen-bond donors (Lipinski definition) is 0. The average Bonchev–Trinajstić information content (AvgIpc) is 2.96. The second-order valence-electron chi connectivity index (χ2n) is 4.41. The quantitative estimate of drug-likeness (QED) is 0.649. The van der Waals surface area contributed by atoms with Gasteiger partial charge in [-0.15, -0.1) is 24.8 Å². The Morgan fingerprint density at radius 1 is 0.944 bits per heavy atom. The van der Waals surface area contributed by atoms with Gasteiger partial charge >= 0.3 is 107 Å². The monoisotopic (exact) mass is 362 g/mol. The zero-order chi connectivity index (χ0) is 11.5. The standard InChI is InChI=1S/2C7H9.CH2.2ClH.Zr/c2*1-2-7-5-3-4-6-7;;;;/h2*3,5H,2,4H2,1H3;1H2;2*1H;. The Morgan fingerprint density at radius 2 is 1.33 bits per heavy atom. The van der Waals surface area contributed by atoms with Crippen LogP contribution in [0.15, 0.2) is 42.0 Å². The molecule has 0 N–H and O–H groups in total. The zero-order valence-electron chi connectivity index (χ0n) is 11.2. The minimum atomic E-state index is -1.69. The van der Waals surface area contributed by atoms with Crippen molar-refractivity contribution >= 4 is 29.0 Å². The Kier molecular flexibility index (Phi) is 8.60. The van der Waals surface area contributed by atoms with Gasteiger partial charge in [-0.3, -0.25) is 0 Å². The summed E-state index contributed by atoms with van der Waals surface area (Å²) in [6.07, 6.45) is 14.1. The summed E-state index contributed by atoms with van der Waals surface area (Å²) in [5.74, 6) is 0. The Hall–Kier alpha value is 0.293. The van der Waals surface area contributed by atoms with Crippen molar-refractivity contribution in [3.63, 3.8) is 0 Å². The number of halogens is 2. The molecule has 0 radical (unpaired) electrons. The van der Waals surface area contributed by atoms with Crippen LogP contribution in [-0.2, 0) is 21.3 Å². The summed E-state index contributed by atoms with van der Waals surface area (Å²) >= 11 is -1.69. The van der Waals surface area contributed by atoms with Gasteiger partial charge in [0.2, 0.25) is 0 Å². The molecule has 0 saturated carbocycles. The Balaban J connectivity index is 0.00000144.